The molecule has 1 fully saturated rings. The maximum absolute atomic E-state index is 12.2. The fraction of sp³-hybridized carbons (Fsp3) is 0.529. The summed E-state index contributed by atoms with van der Waals surface area (Å²) < 4.78 is 0. The number of hydrogen-bond donors (Lipinski definition) is 2. The van der Waals surface area contributed by atoms with Crippen LogP contribution in [-0.4, -0.2) is 36.9 Å². The number of amides is 2. The average molecular weight is 374 g/mol. The monoisotopic (exact) mass is 373 g/mol. The number of hydrogen-bond acceptors (Lipinski definition) is 3. The first-order valence-electron chi connectivity index (χ1n) is 7.95. The standard InChI is InChI=1S/C17H24ClN3O2.ClH/c1-21(2)17(23)13-10-12(7-8-14(13)18)20-16(22)9-11-5-3-4-6-15(11)19;/h7-8,10-11,15H,3-6,9,19H2,1-2H3,(H,20,22);1H. The number of nitrogens with zero attached hydrogens (tertiary/aromatic N) is 1. The van der Waals surface area contributed by atoms with Crippen LogP contribution >= 0.6 is 24.0 Å². The fourth-order valence-corrected chi connectivity index (χ4v) is 3.15. The lowest BCUT2D eigenvalue weighted by molar-refractivity contribution is -0.117. The van der Waals surface area contributed by atoms with Gasteiger partial charge in [0.2, 0.25) is 5.91 Å². The number of carbonyl (C=O) groups is 2. The predicted molar refractivity (Wildman–Crippen MR) is 99.9 cm³/mol. The Hall–Kier alpha value is -1.30. The summed E-state index contributed by atoms with van der Waals surface area (Å²) in [6.45, 7) is 0. The summed E-state index contributed by atoms with van der Waals surface area (Å²) in [6.07, 6.45) is 4.68. The molecule has 0 saturated heterocycles. The van der Waals surface area contributed by atoms with Crippen LogP contribution in [0.2, 0.25) is 5.02 Å². The van der Waals surface area contributed by atoms with E-state index >= 15 is 0 Å². The van der Waals surface area contributed by atoms with Gasteiger partial charge in [-0.1, -0.05) is 24.4 Å². The summed E-state index contributed by atoms with van der Waals surface area (Å²) in [5, 5.41) is 3.22. The SMILES string of the molecule is CN(C)C(=O)c1cc(NC(=O)CC2CCCCC2N)ccc1Cl.Cl. The first-order chi connectivity index (χ1) is 10.9. The molecule has 0 aromatic heterocycles. The number of nitrogens with one attached hydrogen (secondary N) is 1. The molecule has 2 rings (SSSR count). The highest BCUT2D eigenvalue weighted by atomic mass is 35.5. The number of anilines is 1. The van der Waals surface area contributed by atoms with Crippen LogP contribution in [0.25, 0.3) is 0 Å². The third-order valence-electron chi connectivity index (χ3n) is 4.30. The molecule has 2 amide bonds. The zero-order chi connectivity index (χ0) is 17.0. The van der Waals surface area contributed by atoms with Crippen LogP contribution in [0.3, 0.4) is 0 Å². The Morgan fingerprint density at radius 3 is 2.58 bits per heavy atom. The molecule has 1 aliphatic rings. The van der Waals surface area contributed by atoms with Gasteiger partial charge in [-0.3, -0.25) is 9.59 Å². The van der Waals surface area contributed by atoms with Crippen LogP contribution in [0.4, 0.5) is 5.69 Å². The Morgan fingerprint density at radius 1 is 1.29 bits per heavy atom. The van der Waals surface area contributed by atoms with E-state index in [1.165, 1.54) is 4.90 Å². The highest BCUT2D eigenvalue weighted by Crippen LogP contribution is 2.27. The van der Waals surface area contributed by atoms with E-state index < -0.39 is 0 Å². The molecule has 2 unspecified atom stereocenters. The average Bonchev–Trinajstić information content (AvgIpc) is 2.50. The molecule has 1 aliphatic carbocycles. The molecule has 1 aromatic rings. The minimum atomic E-state index is -0.194. The summed E-state index contributed by atoms with van der Waals surface area (Å²) in [4.78, 5) is 25.8. The number of carbonyl (C=O) groups excluding carboxylic acids is 2. The van der Waals surface area contributed by atoms with E-state index in [4.69, 9.17) is 17.3 Å². The maximum Gasteiger partial charge on any atom is 0.254 e. The van der Waals surface area contributed by atoms with Gasteiger partial charge in [0.1, 0.15) is 0 Å². The summed E-state index contributed by atoms with van der Waals surface area (Å²) >= 11 is 6.07. The Morgan fingerprint density at radius 2 is 1.96 bits per heavy atom. The van der Waals surface area contributed by atoms with E-state index in [2.05, 4.69) is 5.32 Å². The lowest BCUT2D eigenvalue weighted by Gasteiger charge is -2.28. The molecule has 0 radical (unpaired) electrons. The summed E-state index contributed by atoms with van der Waals surface area (Å²) in [5.74, 6) is -0.0303. The molecule has 134 valence electrons. The van der Waals surface area contributed by atoms with Crippen LogP contribution in [0.1, 0.15) is 42.5 Å². The largest absolute Gasteiger partial charge is 0.345 e. The molecule has 7 heteroatoms. The number of rotatable bonds is 4. The van der Waals surface area contributed by atoms with Gasteiger partial charge in [0.25, 0.3) is 5.91 Å². The van der Waals surface area contributed by atoms with Gasteiger partial charge in [-0.15, -0.1) is 12.4 Å². The van der Waals surface area contributed by atoms with Crippen LogP contribution < -0.4 is 11.1 Å². The molecule has 1 aromatic carbocycles. The van der Waals surface area contributed by atoms with E-state index in [9.17, 15) is 9.59 Å². The zero-order valence-electron chi connectivity index (χ0n) is 14.0. The quantitative estimate of drug-likeness (QED) is 0.849. The van der Waals surface area contributed by atoms with E-state index in [0.29, 0.717) is 22.7 Å². The molecular formula is C17H25Cl2N3O2. The number of benzene rings is 1. The number of nitrogens with two attached hydrogens (primary N) is 1. The molecule has 0 heterocycles. The molecule has 0 spiro atoms. The fourth-order valence-electron chi connectivity index (χ4n) is 2.95. The topological polar surface area (TPSA) is 75.4 Å². The van der Waals surface area contributed by atoms with E-state index in [1.807, 2.05) is 0 Å². The van der Waals surface area contributed by atoms with Crippen molar-refractivity contribution >= 4 is 41.5 Å². The van der Waals surface area contributed by atoms with Gasteiger partial charge < -0.3 is 16.0 Å². The van der Waals surface area contributed by atoms with E-state index in [0.717, 1.165) is 25.7 Å². The van der Waals surface area contributed by atoms with Crippen molar-refractivity contribution in [3.63, 3.8) is 0 Å². The zero-order valence-corrected chi connectivity index (χ0v) is 15.6. The first kappa shape index (κ1) is 20.7. The van der Waals surface area contributed by atoms with Crippen molar-refractivity contribution < 1.29 is 9.59 Å². The minimum absolute atomic E-state index is 0. The molecule has 5 nitrogen and oxygen atoms in total. The van der Waals surface area contributed by atoms with Gasteiger partial charge in [0.15, 0.2) is 0 Å². The Bertz CT molecular complexity index is 593. The second-order valence-corrected chi connectivity index (χ2v) is 6.76. The van der Waals surface area contributed by atoms with Crippen LogP contribution in [0.5, 0.6) is 0 Å². The van der Waals surface area contributed by atoms with Crippen molar-refractivity contribution in [3.8, 4) is 0 Å². The van der Waals surface area contributed by atoms with E-state index in [-0.39, 0.29) is 36.2 Å². The molecule has 1 saturated carbocycles. The molecule has 24 heavy (non-hydrogen) atoms. The van der Waals surface area contributed by atoms with Crippen molar-refractivity contribution in [2.45, 2.75) is 38.1 Å². The van der Waals surface area contributed by atoms with Gasteiger partial charge in [0.05, 0.1) is 10.6 Å². The van der Waals surface area contributed by atoms with Crippen molar-refractivity contribution in [1.82, 2.24) is 4.90 Å². The van der Waals surface area contributed by atoms with Crippen LogP contribution in [-0.2, 0) is 4.79 Å². The second-order valence-electron chi connectivity index (χ2n) is 6.35. The molecule has 2 atom stereocenters. The molecule has 0 aliphatic heterocycles. The number of halogens is 2. The van der Waals surface area contributed by atoms with Crippen molar-refractivity contribution in [2.75, 3.05) is 19.4 Å². The van der Waals surface area contributed by atoms with Crippen molar-refractivity contribution in [2.24, 2.45) is 11.7 Å². The highest BCUT2D eigenvalue weighted by Gasteiger charge is 2.24. The van der Waals surface area contributed by atoms with Crippen LogP contribution in [0, 0.1) is 5.92 Å². The maximum atomic E-state index is 12.2. The van der Waals surface area contributed by atoms with E-state index in [1.54, 1.807) is 32.3 Å². The predicted octanol–water partition coefficient (Wildman–Crippen LogP) is 3.31. The minimum Gasteiger partial charge on any atom is -0.345 e. The van der Waals surface area contributed by atoms with Gasteiger partial charge in [-0.25, -0.2) is 0 Å². The van der Waals surface area contributed by atoms with Gasteiger partial charge in [0, 0.05) is 32.2 Å². The molecular weight excluding hydrogens is 349 g/mol. The van der Waals surface area contributed by atoms with Gasteiger partial charge in [-0.05, 0) is 37.0 Å². The summed E-state index contributed by atoms with van der Waals surface area (Å²) in [7, 11) is 3.32. The smallest absolute Gasteiger partial charge is 0.254 e. The van der Waals surface area contributed by atoms with Crippen LogP contribution in [0.15, 0.2) is 18.2 Å². The van der Waals surface area contributed by atoms with Crippen molar-refractivity contribution in [1.29, 1.82) is 0 Å². The van der Waals surface area contributed by atoms with Gasteiger partial charge in [-0.2, -0.15) is 0 Å². The van der Waals surface area contributed by atoms with Crippen molar-refractivity contribution in [3.05, 3.63) is 28.8 Å². The Balaban J connectivity index is 0.00000288. The first-order valence-corrected chi connectivity index (χ1v) is 8.33. The molecule has 3 N–H and O–H groups in total. The lowest BCUT2D eigenvalue weighted by Crippen LogP contribution is -2.35. The molecule has 0 bridgehead atoms. The summed E-state index contributed by atoms with van der Waals surface area (Å²) in [6, 6.07) is 5.04. The third-order valence-corrected chi connectivity index (χ3v) is 4.63. The third kappa shape index (κ3) is 5.36. The normalized spacial score (nSPS) is 20.0. The lowest BCUT2D eigenvalue weighted by atomic mass is 9.83. The Kier molecular flexibility index (Phi) is 8.00. The van der Waals surface area contributed by atoms with Gasteiger partial charge >= 0.3 is 0 Å². The highest BCUT2D eigenvalue weighted by molar-refractivity contribution is 6.34. The Labute approximate surface area is 154 Å². The summed E-state index contributed by atoms with van der Waals surface area (Å²) in [5.41, 5.74) is 7.05. The second kappa shape index (κ2) is 9.25.